The summed E-state index contributed by atoms with van der Waals surface area (Å²) in [6, 6.07) is 3.95. The first-order valence-corrected chi connectivity index (χ1v) is 5.51. The fourth-order valence-electron chi connectivity index (χ4n) is 2.41. The number of aryl methyl sites for hydroxylation is 1. The van der Waals surface area contributed by atoms with Crippen LogP contribution in [0.1, 0.15) is 24.1 Å². The molecule has 1 fully saturated rings. The van der Waals surface area contributed by atoms with Gasteiger partial charge in [0.15, 0.2) is 0 Å². The van der Waals surface area contributed by atoms with Gasteiger partial charge in [-0.05, 0) is 31.4 Å². The largest absolute Gasteiger partial charge is 0.481 e. The number of rotatable bonds is 3. The van der Waals surface area contributed by atoms with Crippen molar-refractivity contribution in [3.8, 4) is 5.88 Å². The van der Waals surface area contributed by atoms with E-state index >= 15 is 0 Å². The number of nitrogens with zero attached hydrogens (tertiary/aromatic N) is 1. The third kappa shape index (κ3) is 1.79. The van der Waals surface area contributed by atoms with Crippen LogP contribution in [0.3, 0.4) is 0 Å². The first-order chi connectivity index (χ1) is 7.59. The van der Waals surface area contributed by atoms with E-state index in [0.717, 1.165) is 24.1 Å². The summed E-state index contributed by atoms with van der Waals surface area (Å²) in [5.41, 5.74) is 7.80. The molecule has 0 aromatic carbocycles. The Balaban J connectivity index is 2.35. The summed E-state index contributed by atoms with van der Waals surface area (Å²) in [5, 5.41) is 9.47. The van der Waals surface area contributed by atoms with Crippen LogP contribution in [-0.4, -0.2) is 29.8 Å². The molecule has 88 valence electrons. The number of hydrogen-bond donors (Lipinski definition) is 2. The molecule has 1 heterocycles. The second-order valence-electron chi connectivity index (χ2n) is 4.59. The van der Waals surface area contributed by atoms with E-state index in [-0.39, 0.29) is 11.5 Å². The maximum atomic E-state index is 9.47. The molecule has 0 atom stereocenters. The zero-order chi connectivity index (χ0) is 11.8. The minimum atomic E-state index is -0.219. The van der Waals surface area contributed by atoms with Crippen molar-refractivity contribution in [1.29, 1.82) is 0 Å². The molecule has 0 bridgehead atoms. The second-order valence-corrected chi connectivity index (χ2v) is 4.59. The molecule has 0 saturated heterocycles. The van der Waals surface area contributed by atoms with Crippen LogP contribution in [0.25, 0.3) is 0 Å². The molecule has 1 aromatic rings. The Hall–Kier alpha value is -1.13. The molecule has 0 radical (unpaired) electrons. The van der Waals surface area contributed by atoms with E-state index in [1.807, 2.05) is 19.1 Å². The van der Waals surface area contributed by atoms with Crippen LogP contribution in [0.15, 0.2) is 12.1 Å². The quantitative estimate of drug-likeness (QED) is 0.792. The van der Waals surface area contributed by atoms with Gasteiger partial charge in [-0.15, -0.1) is 0 Å². The summed E-state index contributed by atoms with van der Waals surface area (Å²) in [4.78, 5) is 4.25. The van der Waals surface area contributed by atoms with Crippen molar-refractivity contribution >= 4 is 0 Å². The predicted octanol–water partition coefficient (Wildman–Crippen LogP) is 0.750. The summed E-state index contributed by atoms with van der Waals surface area (Å²) in [6.45, 7) is 2.49. The lowest BCUT2D eigenvalue weighted by atomic mass is 9.63. The van der Waals surface area contributed by atoms with Gasteiger partial charge in [0, 0.05) is 23.7 Å². The van der Waals surface area contributed by atoms with Gasteiger partial charge in [0.25, 0.3) is 0 Å². The zero-order valence-electron chi connectivity index (χ0n) is 9.73. The number of nitrogens with two attached hydrogens (primary N) is 1. The van der Waals surface area contributed by atoms with Crippen molar-refractivity contribution in [3.05, 3.63) is 23.4 Å². The van der Waals surface area contributed by atoms with E-state index in [0.29, 0.717) is 12.4 Å². The normalized spacial score (nSPS) is 28.6. The van der Waals surface area contributed by atoms with Crippen LogP contribution in [0.2, 0.25) is 0 Å². The Kier molecular flexibility index (Phi) is 2.86. The first-order valence-electron chi connectivity index (χ1n) is 5.51. The van der Waals surface area contributed by atoms with E-state index in [9.17, 15) is 5.11 Å². The van der Waals surface area contributed by atoms with Crippen LogP contribution >= 0.6 is 0 Å². The molecule has 0 unspecified atom stereocenters. The SMILES string of the molecule is COc1cc(C2(CN)CC(O)C2)cc(C)n1. The molecule has 1 aliphatic carbocycles. The highest BCUT2D eigenvalue weighted by atomic mass is 16.5. The molecule has 0 aliphatic heterocycles. The molecule has 1 aliphatic rings. The third-order valence-corrected chi connectivity index (χ3v) is 3.39. The van der Waals surface area contributed by atoms with Gasteiger partial charge in [0.05, 0.1) is 13.2 Å². The smallest absolute Gasteiger partial charge is 0.213 e. The molecule has 16 heavy (non-hydrogen) atoms. The number of aliphatic hydroxyl groups excluding tert-OH is 1. The fourth-order valence-corrected chi connectivity index (χ4v) is 2.41. The summed E-state index contributed by atoms with van der Waals surface area (Å²) in [6.07, 6.45) is 1.25. The van der Waals surface area contributed by atoms with Gasteiger partial charge in [-0.3, -0.25) is 0 Å². The standard InChI is InChI=1S/C12H18N2O2/c1-8-3-9(4-11(14-8)16-2)12(7-13)5-10(15)6-12/h3-4,10,15H,5-7,13H2,1-2H3. The van der Waals surface area contributed by atoms with Gasteiger partial charge >= 0.3 is 0 Å². The molecular weight excluding hydrogens is 204 g/mol. The Morgan fingerprint density at radius 2 is 2.25 bits per heavy atom. The minimum Gasteiger partial charge on any atom is -0.481 e. The Bertz CT molecular complexity index is 387. The van der Waals surface area contributed by atoms with Gasteiger partial charge in [-0.2, -0.15) is 0 Å². The summed E-state index contributed by atoms with van der Waals surface area (Å²) in [5.74, 6) is 0.615. The number of hydrogen-bond acceptors (Lipinski definition) is 4. The molecule has 1 saturated carbocycles. The van der Waals surface area contributed by atoms with E-state index in [1.54, 1.807) is 7.11 Å². The molecule has 3 N–H and O–H groups in total. The third-order valence-electron chi connectivity index (χ3n) is 3.39. The maximum absolute atomic E-state index is 9.47. The molecule has 4 heteroatoms. The molecule has 4 nitrogen and oxygen atoms in total. The van der Waals surface area contributed by atoms with Gasteiger partial charge in [-0.25, -0.2) is 4.98 Å². The van der Waals surface area contributed by atoms with Crippen molar-refractivity contribution in [2.75, 3.05) is 13.7 Å². The van der Waals surface area contributed by atoms with Gasteiger partial charge in [0.1, 0.15) is 0 Å². The summed E-state index contributed by atoms with van der Waals surface area (Å²) >= 11 is 0. The van der Waals surface area contributed by atoms with Crippen LogP contribution in [0, 0.1) is 6.92 Å². The van der Waals surface area contributed by atoms with E-state index in [4.69, 9.17) is 10.5 Å². The van der Waals surface area contributed by atoms with Gasteiger partial charge < -0.3 is 15.6 Å². The second kappa shape index (κ2) is 4.03. The van der Waals surface area contributed by atoms with Gasteiger partial charge in [0.2, 0.25) is 5.88 Å². The lowest BCUT2D eigenvalue weighted by Gasteiger charge is -2.45. The maximum Gasteiger partial charge on any atom is 0.213 e. The van der Waals surface area contributed by atoms with Crippen molar-refractivity contribution < 1.29 is 9.84 Å². The van der Waals surface area contributed by atoms with Crippen LogP contribution in [-0.2, 0) is 5.41 Å². The minimum absolute atomic E-state index is 0.0829. The van der Waals surface area contributed by atoms with Crippen LogP contribution < -0.4 is 10.5 Å². The molecule has 2 rings (SSSR count). The Morgan fingerprint density at radius 3 is 2.75 bits per heavy atom. The lowest BCUT2D eigenvalue weighted by Crippen LogP contribution is -2.49. The average molecular weight is 222 g/mol. The molecular formula is C12H18N2O2. The number of ether oxygens (including phenoxy) is 1. The predicted molar refractivity (Wildman–Crippen MR) is 61.5 cm³/mol. The highest BCUT2D eigenvalue weighted by Gasteiger charge is 2.44. The Morgan fingerprint density at radius 1 is 1.56 bits per heavy atom. The lowest BCUT2D eigenvalue weighted by molar-refractivity contribution is 0.0220. The monoisotopic (exact) mass is 222 g/mol. The highest BCUT2D eigenvalue weighted by molar-refractivity contribution is 5.34. The molecule has 0 amide bonds. The van der Waals surface area contributed by atoms with E-state index in [1.165, 1.54) is 0 Å². The Labute approximate surface area is 95.4 Å². The number of aliphatic hydroxyl groups is 1. The van der Waals surface area contributed by atoms with Crippen molar-refractivity contribution in [2.45, 2.75) is 31.3 Å². The summed E-state index contributed by atoms with van der Waals surface area (Å²) in [7, 11) is 1.61. The topological polar surface area (TPSA) is 68.4 Å². The zero-order valence-corrected chi connectivity index (χ0v) is 9.73. The molecule has 1 aromatic heterocycles. The summed E-state index contributed by atoms with van der Waals surface area (Å²) < 4.78 is 5.16. The highest BCUT2D eigenvalue weighted by Crippen LogP contribution is 2.43. The van der Waals surface area contributed by atoms with E-state index in [2.05, 4.69) is 4.98 Å². The number of aromatic nitrogens is 1. The van der Waals surface area contributed by atoms with Gasteiger partial charge in [-0.1, -0.05) is 0 Å². The first kappa shape index (κ1) is 11.4. The fraction of sp³-hybridized carbons (Fsp3) is 0.583. The van der Waals surface area contributed by atoms with Crippen molar-refractivity contribution in [1.82, 2.24) is 4.98 Å². The van der Waals surface area contributed by atoms with Crippen LogP contribution in [0.4, 0.5) is 0 Å². The van der Waals surface area contributed by atoms with Crippen molar-refractivity contribution in [2.24, 2.45) is 5.73 Å². The van der Waals surface area contributed by atoms with E-state index < -0.39 is 0 Å². The van der Waals surface area contributed by atoms with Crippen molar-refractivity contribution in [3.63, 3.8) is 0 Å². The number of pyridine rings is 1. The molecule has 0 spiro atoms. The van der Waals surface area contributed by atoms with Crippen LogP contribution in [0.5, 0.6) is 5.88 Å². The average Bonchev–Trinajstić information content (AvgIpc) is 2.23. The number of methoxy groups -OCH3 is 1.